The summed E-state index contributed by atoms with van der Waals surface area (Å²) in [6.45, 7) is 0.912. The average Bonchev–Trinajstić information content (AvgIpc) is 2.78. The molecule has 0 aliphatic carbocycles. The smallest absolute Gasteiger partial charge is 0.303 e. The molecule has 2 rings (SSSR count). The van der Waals surface area contributed by atoms with Gasteiger partial charge in [-0.1, -0.05) is 0 Å². The summed E-state index contributed by atoms with van der Waals surface area (Å²) in [6.07, 6.45) is 1.51. The van der Waals surface area contributed by atoms with E-state index < -0.39 is 5.97 Å². The zero-order valence-electron chi connectivity index (χ0n) is 10.0. The molecule has 96 valence electrons. The average molecular weight is 250 g/mol. The zero-order valence-corrected chi connectivity index (χ0v) is 10.0. The molecule has 1 aromatic rings. The third-order valence-electron chi connectivity index (χ3n) is 2.88. The van der Waals surface area contributed by atoms with Crippen molar-refractivity contribution in [2.45, 2.75) is 25.9 Å². The second-order valence-electron chi connectivity index (χ2n) is 4.12. The number of aromatic nitrogens is 1. The summed E-state index contributed by atoms with van der Waals surface area (Å²) in [5.41, 5.74) is 1.80. The molecule has 1 amide bonds. The first-order valence-corrected chi connectivity index (χ1v) is 5.61. The van der Waals surface area contributed by atoms with Gasteiger partial charge in [0.1, 0.15) is 5.75 Å². The van der Waals surface area contributed by atoms with Crippen LogP contribution in [0.25, 0.3) is 0 Å². The molecule has 0 aromatic carbocycles. The number of carboxylic acid groups (broad SMARTS) is 1. The first-order valence-electron chi connectivity index (χ1n) is 5.61. The van der Waals surface area contributed by atoms with Crippen molar-refractivity contribution in [2.24, 2.45) is 0 Å². The van der Waals surface area contributed by atoms with Gasteiger partial charge in [0.15, 0.2) is 0 Å². The Labute approximate surface area is 104 Å². The van der Waals surface area contributed by atoms with E-state index in [0.717, 1.165) is 11.3 Å². The van der Waals surface area contributed by atoms with Gasteiger partial charge in [-0.15, -0.1) is 0 Å². The van der Waals surface area contributed by atoms with Gasteiger partial charge in [-0.25, -0.2) is 0 Å². The van der Waals surface area contributed by atoms with Gasteiger partial charge >= 0.3 is 5.97 Å². The Hall–Kier alpha value is -2.11. The molecule has 1 aliphatic heterocycles. The maximum Gasteiger partial charge on any atom is 0.303 e. The van der Waals surface area contributed by atoms with Crippen molar-refractivity contribution in [3.63, 3.8) is 0 Å². The van der Waals surface area contributed by atoms with Crippen molar-refractivity contribution in [3.05, 3.63) is 23.5 Å². The molecule has 2 heterocycles. The van der Waals surface area contributed by atoms with Gasteiger partial charge in [-0.3, -0.25) is 14.6 Å². The van der Waals surface area contributed by atoms with Gasteiger partial charge < -0.3 is 14.7 Å². The highest BCUT2D eigenvalue weighted by atomic mass is 16.5. The lowest BCUT2D eigenvalue weighted by atomic mass is 10.2. The van der Waals surface area contributed by atoms with E-state index in [2.05, 4.69) is 4.98 Å². The fraction of sp³-hybridized carbons (Fsp3) is 0.417. The molecule has 1 N–H and O–H groups in total. The Bertz CT molecular complexity index is 487. The highest BCUT2D eigenvalue weighted by Gasteiger charge is 2.24. The second kappa shape index (κ2) is 5.03. The molecule has 6 heteroatoms. The normalized spacial score (nSPS) is 13.3. The van der Waals surface area contributed by atoms with Crippen LogP contribution in [0.4, 0.5) is 0 Å². The van der Waals surface area contributed by atoms with Crippen LogP contribution in [0.2, 0.25) is 0 Å². The van der Waals surface area contributed by atoms with E-state index in [4.69, 9.17) is 9.84 Å². The molecule has 0 unspecified atom stereocenters. The summed E-state index contributed by atoms with van der Waals surface area (Å²) in [5, 5.41) is 8.55. The topological polar surface area (TPSA) is 79.7 Å². The number of methoxy groups -OCH3 is 1. The first kappa shape index (κ1) is 12.3. The predicted octanol–water partition coefficient (Wildman–Crippen LogP) is 0.797. The number of fused-ring (bicyclic) bond motifs is 1. The monoisotopic (exact) mass is 250 g/mol. The summed E-state index contributed by atoms with van der Waals surface area (Å²) in [5.74, 6) is -0.456. The highest BCUT2D eigenvalue weighted by molar-refractivity contribution is 5.81. The van der Waals surface area contributed by atoms with Crippen LogP contribution in [0.3, 0.4) is 0 Å². The van der Waals surface area contributed by atoms with E-state index >= 15 is 0 Å². The third-order valence-corrected chi connectivity index (χ3v) is 2.88. The van der Waals surface area contributed by atoms with Crippen molar-refractivity contribution < 1.29 is 19.4 Å². The number of carbonyl (C=O) groups is 2. The van der Waals surface area contributed by atoms with Crippen LogP contribution in [0.5, 0.6) is 5.75 Å². The summed E-state index contributed by atoms with van der Waals surface area (Å²) in [7, 11) is 1.56. The van der Waals surface area contributed by atoms with Crippen LogP contribution in [0.15, 0.2) is 12.3 Å². The lowest BCUT2D eigenvalue weighted by Gasteiger charge is -2.13. The third kappa shape index (κ3) is 2.58. The van der Waals surface area contributed by atoms with Crippen LogP contribution < -0.4 is 4.74 Å². The van der Waals surface area contributed by atoms with Crippen molar-refractivity contribution in [1.82, 2.24) is 9.88 Å². The van der Waals surface area contributed by atoms with Gasteiger partial charge in [0.25, 0.3) is 0 Å². The van der Waals surface area contributed by atoms with E-state index in [1.807, 2.05) is 6.07 Å². The second-order valence-corrected chi connectivity index (χ2v) is 4.12. The summed E-state index contributed by atoms with van der Waals surface area (Å²) < 4.78 is 5.07. The molecule has 0 spiro atoms. The largest absolute Gasteiger partial charge is 0.495 e. The molecule has 6 nitrogen and oxygen atoms in total. The lowest BCUT2D eigenvalue weighted by Crippen LogP contribution is -2.25. The Morgan fingerprint density at radius 1 is 1.44 bits per heavy atom. The molecule has 0 bridgehead atoms. The minimum absolute atomic E-state index is 0.0282. The van der Waals surface area contributed by atoms with Crippen LogP contribution in [0.1, 0.15) is 24.1 Å². The molecular formula is C12H14N2O4. The Balaban J connectivity index is 2.00. The van der Waals surface area contributed by atoms with Crippen LogP contribution in [-0.2, 0) is 22.7 Å². The molecule has 0 saturated heterocycles. The number of ether oxygens (including phenoxy) is 1. The molecule has 0 radical (unpaired) electrons. The number of pyridine rings is 1. The van der Waals surface area contributed by atoms with Gasteiger partial charge in [-0.05, 0) is 11.6 Å². The van der Waals surface area contributed by atoms with Gasteiger partial charge in [0.2, 0.25) is 5.91 Å². The number of aliphatic carboxylic acids is 1. The Kier molecular flexibility index (Phi) is 3.45. The molecule has 18 heavy (non-hydrogen) atoms. The number of hydrogen-bond acceptors (Lipinski definition) is 4. The van der Waals surface area contributed by atoms with Crippen molar-refractivity contribution in [3.8, 4) is 5.75 Å². The molecule has 0 atom stereocenters. The highest BCUT2D eigenvalue weighted by Crippen LogP contribution is 2.24. The summed E-state index contributed by atoms with van der Waals surface area (Å²) >= 11 is 0. The van der Waals surface area contributed by atoms with Crippen LogP contribution >= 0.6 is 0 Å². The van der Waals surface area contributed by atoms with Crippen molar-refractivity contribution in [1.29, 1.82) is 0 Å². The molecule has 0 fully saturated rings. The summed E-state index contributed by atoms with van der Waals surface area (Å²) in [4.78, 5) is 28.0. The quantitative estimate of drug-likeness (QED) is 0.854. The number of hydrogen-bond donors (Lipinski definition) is 1. The number of carboxylic acids is 1. The predicted molar refractivity (Wildman–Crippen MR) is 61.9 cm³/mol. The Morgan fingerprint density at radius 3 is 2.89 bits per heavy atom. The fourth-order valence-electron chi connectivity index (χ4n) is 1.90. The van der Waals surface area contributed by atoms with Gasteiger partial charge in [0, 0.05) is 13.0 Å². The Morgan fingerprint density at radius 2 is 2.22 bits per heavy atom. The van der Waals surface area contributed by atoms with Crippen molar-refractivity contribution in [2.75, 3.05) is 7.11 Å². The zero-order chi connectivity index (χ0) is 13.1. The fourth-order valence-corrected chi connectivity index (χ4v) is 1.90. The minimum atomic E-state index is -0.958. The maximum absolute atomic E-state index is 11.8. The number of nitrogens with zero attached hydrogens (tertiary/aromatic N) is 2. The summed E-state index contributed by atoms with van der Waals surface area (Å²) in [6, 6.07) is 1.85. The van der Waals surface area contributed by atoms with E-state index in [0.29, 0.717) is 18.8 Å². The maximum atomic E-state index is 11.8. The van der Waals surface area contributed by atoms with E-state index in [9.17, 15) is 9.59 Å². The van der Waals surface area contributed by atoms with Crippen LogP contribution in [0, 0.1) is 0 Å². The SMILES string of the molecule is COc1cnc2c(c1)CN(C(=O)CCC(=O)O)C2. The first-order chi connectivity index (χ1) is 8.60. The number of carbonyl (C=O) groups excluding carboxylic acids is 1. The van der Waals surface area contributed by atoms with E-state index in [-0.39, 0.29) is 18.7 Å². The van der Waals surface area contributed by atoms with Crippen LogP contribution in [-0.4, -0.2) is 34.0 Å². The number of rotatable bonds is 4. The molecule has 1 aromatic heterocycles. The van der Waals surface area contributed by atoms with Gasteiger partial charge in [-0.2, -0.15) is 0 Å². The van der Waals surface area contributed by atoms with E-state index in [1.165, 1.54) is 0 Å². The minimum Gasteiger partial charge on any atom is -0.495 e. The van der Waals surface area contributed by atoms with Crippen molar-refractivity contribution >= 4 is 11.9 Å². The standard InChI is InChI=1S/C12H14N2O4/c1-18-9-4-8-6-14(7-10(8)13-5-9)11(15)2-3-12(16)17/h4-5H,2-3,6-7H2,1H3,(H,16,17). The molecular weight excluding hydrogens is 236 g/mol. The van der Waals surface area contributed by atoms with E-state index in [1.54, 1.807) is 18.2 Å². The van der Waals surface area contributed by atoms with Gasteiger partial charge in [0.05, 0.1) is 32.0 Å². The molecule has 1 aliphatic rings. The lowest BCUT2D eigenvalue weighted by molar-refractivity contribution is -0.141. The molecule has 0 saturated carbocycles. The number of amides is 1.